The summed E-state index contributed by atoms with van der Waals surface area (Å²) in [5.41, 5.74) is 2.62. The third kappa shape index (κ3) is 2.67. The van der Waals surface area contributed by atoms with Gasteiger partial charge >= 0.3 is 0 Å². The van der Waals surface area contributed by atoms with Gasteiger partial charge in [0.1, 0.15) is 17.6 Å². The molecule has 0 saturated carbocycles. The van der Waals surface area contributed by atoms with Gasteiger partial charge in [0.25, 0.3) is 0 Å². The second-order valence-corrected chi connectivity index (χ2v) is 4.70. The molecule has 2 N–H and O–H groups in total. The number of pyridine rings is 1. The Balaban J connectivity index is 2.01. The van der Waals surface area contributed by atoms with Crippen LogP contribution in [0.25, 0.3) is 22.4 Å². The summed E-state index contributed by atoms with van der Waals surface area (Å²) in [6, 6.07) is 3.61. The number of thiocarbonyl (C=S) groups is 1. The number of hydrogen-bond acceptors (Lipinski definition) is 6. The molecule has 0 radical (unpaired) electrons. The van der Waals surface area contributed by atoms with E-state index in [1.165, 1.54) is 6.26 Å². The summed E-state index contributed by atoms with van der Waals surface area (Å²) in [5, 5.41) is 7.06. The Morgan fingerprint density at radius 1 is 1.25 bits per heavy atom. The second kappa shape index (κ2) is 5.63. The molecule has 3 heterocycles. The Labute approximate surface area is 132 Å². The van der Waals surface area contributed by atoms with Crippen molar-refractivity contribution in [3.63, 3.8) is 0 Å². The van der Waals surface area contributed by atoms with Crippen LogP contribution in [0.4, 0.5) is 5.82 Å². The SMILES string of the molecule is S=C(NI)Nc1ccc2ncc(-c3cnoc3)nc2n1. The summed E-state index contributed by atoms with van der Waals surface area (Å²) >= 11 is 6.97. The van der Waals surface area contributed by atoms with Gasteiger partial charge in [0.2, 0.25) is 0 Å². The Hall–Kier alpha value is -1.88. The maximum atomic E-state index is 5.02. The van der Waals surface area contributed by atoms with Crippen LogP contribution in [-0.2, 0) is 0 Å². The first kappa shape index (κ1) is 13.1. The molecule has 3 aromatic heterocycles. The smallest absolute Gasteiger partial charge is 0.180 e. The van der Waals surface area contributed by atoms with Gasteiger partial charge in [-0.15, -0.1) is 0 Å². The molecule has 0 aromatic carbocycles. The predicted molar refractivity (Wildman–Crippen MR) is 86.2 cm³/mol. The Morgan fingerprint density at radius 2 is 2.15 bits per heavy atom. The van der Waals surface area contributed by atoms with Crippen LogP contribution in [0, 0.1) is 0 Å². The fourth-order valence-electron chi connectivity index (χ4n) is 1.58. The maximum Gasteiger partial charge on any atom is 0.180 e. The highest BCUT2D eigenvalue weighted by Gasteiger charge is 2.07. The minimum atomic E-state index is 0.473. The molecule has 0 amide bonds. The van der Waals surface area contributed by atoms with Crippen molar-refractivity contribution in [2.45, 2.75) is 0 Å². The van der Waals surface area contributed by atoms with Crippen molar-refractivity contribution in [3.05, 3.63) is 30.8 Å². The molecule has 0 saturated heterocycles. The van der Waals surface area contributed by atoms with E-state index in [9.17, 15) is 0 Å². The number of aromatic nitrogens is 4. The lowest BCUT2D eigenvalue weighted by atomic mass is 10.2. The van der Waals surface area contributed by atoms with Gasteiger partial charge in [-0.05, 0) is 24.4 Å². The monoisotopic (exact) mass is 398 g/mol. The van der Waals surface area contributed by atoms with Gasteiger partial charge in [-0.3, -0.25) is 4.98 Å². The van der Waals surface area contributed by atoms with E-state index in [1.807, 2.05) is 28.9 Å². The minimum Gasteiger partial charge on any atom is -0.364 e. The maximum absolute atomic E-state index is 5.02. The Bertz CT molecular complexity index is 763. The number of rotatable bonds is 2. The highest BCUT2D eigenvalue weighted by molar-refractivity contribution is 14.1. The predicted octanol–water partition coefficient (Wildman–Crippen LogP) is 2.32. The van der Waals surface area contributed by atoms with Gasteiger partial charge in [-0.2, -0.15) is 0 Å². The first-order chi connectivity index (χ1) is 9.76. The normalized spacial score (nSPS) is 10.4. The summed E-state index contributed by atoms with van der Waals surface area (Å²) in [4.78, 5) is 13.1. The Morgan fingerprint density at radius 3 is 2.90 bits per heavy atom. The Kier molecular flexibility index (Phi) is 3.69. The molecule has 0 bridgehead atoms. The average Bonchev–Trinajstić information content (AvgIpc) is 3.00. The van der Waals surface area contributed by atoms with Crippen molar-refractivity contribution in [2.75, 3.05) is 5.32 Å². The van der Waals surface area contributed by atoms with Crippen molar-refractivity contribution >= 4 is 57.2 Å². The largest absolute Gasteiger partial charge is 0.364 e. The average molecular weight is 398 g/mol. The summed E-state index contributed by atoms with van der Waals surface area (Å²) in [7, 11) is 0. The molecule has 20 heavy (non-hydrogen) atoms. The van der Waals surface area contributed by atoms with Crippen LogP contribution in [0.15, 0.2) is 35.3 Å². The molecule has 0 atom stereocenters. The molecular formula is C11H7IN6OS. The molecule has 0 fully saturated rings. The van der Waals surface area contributed by atoms with Crippen LogP contribution in [0.5, 0.6) is 0 Å². The molecule has 0 aliphatic heterocycles. The van der Waals surface area contributed by atoms with E-state index < -0.39 is 0 Å². The van der Waals surface area contributed by atoms with Crippen LogP contribution >= 0.6 is 35.1 Å². The molecule has 3 aromatic rings. The molecule has 9 heteroatoms. The quantitative estimate of drug-likeness (QED) is 0.386. The van der Waals surface area contributed by atoms with Gasteiger partial charge in [0.15, 0.2) is 10.8 Å². The number of anilines is 1. The van der Waals surface area contributed by atoms with Gasteiger partial charge in [-0.1, -0.05) is 5.16 Å². The lowest BCUT2D eigenvalue weighted by Gasteiger charge is -2.06. The fourth-order valence-corrected chi connectivity index (χ4v) is 1.82. The zero-order valence-corrected chi connectivity index (χ0v) is 12.8. The van der Waals surface area contributed by atoms with Crippen molar-refractivity contribution in [3.8, 4) is 11.3 Å². The lowest BCUT2D eigenvalue weighted by molar-refractivity contribution is 0.420. The van der Waals surface area contributed by atoms with Gasteiger partial charge in [0.05, 0.1) is 46.5 Å². The summed E-state index contributed by atoms with van der Waals surface area (Å²) in [6.07, 6.45) is 4.74. The zero-order valence-electron chi connectivity index (χ0n) is 9.87. The van der Waals surface area contributed by atoms with E-state index in [-0.39, 0.29) is 0 Å². The molecular weight excluding hydrogens is 391 g/mol. The van der Waals surface area contributed by atoms with E-state index in [1.54, 1.807) is 18.5 Å². The van der Waals surface area contributed by atoms with Crippen LogP contribution in [0.1, 0.15) is 0 Å². The van der Waals surface area contributed by atoms with Crippen LogP contribution in [0.2, 0.25) is 0 Å². The first-order valence-electron chi connectivity index (χ1n) is 5.47. The summed E-state index contributed by atoms with van der Waals surface area (Å²) < 4.78 is 7.58. The van der Waals surface area contributed by atoms with E-state index in [2.05, 4.69) is 29.0 Å². The van der Waals surface area contributed by atoms with Crippen molar-refractivity contribution in [2.24, 2.45) is 0 Å². The van der Waals surface area contributed by atoms with Gasteiger partial charge in [-0.25, -0.2) is 9.97 Å². The number of halogens is 1. The van der Waals surface area contributed by atoms with Crippen LogP contribution in [-0.4, -0.2) is 25.2 Å². The van der Waals surface area contributed by atoms with E-state index >= 15 is 0 Å². The molecule has 3 rings (SSSR count). The number of fused-ring (bicyclic) bond motifs is 1. The number of nitrogens with zero attached hydrogens (tertiary/aromatic N) is 4. The molecule has 0 aliphatic rings. The zero-order chi connectivity index (χ0) is 13.9. The number of nitrogens with one attached hydrogen (secondary N) is 2. The molecule has 7 nitrogen and oxygen atoms in total. The standard InChI is InChI=1S/C11H7IN6OS/c12-18-11(20)17-9-2-1-7-10(16-9)15-8(4-13-7)6-3-14-19-5-6/h1-5H,(H2,15,16,17,18,20). The highest BCUT2D eigenvalue weighted by Crippen LogP contribution is 2.18. The third-order valence-corrected chi connectivity index (χ3v) is 3.57. The van der Waals surface area contributed by atoms with Crippen molar-refractivity contribution in [1.29, 1.82) is 0 Å². The molecule has 0 aliphatic carbocycles. The topological polar surface area (TPSA) is 88.8 Å². The molecule has 0 spiro atoms. The lowest BCUT2D eigenvalue weighted by Crippen LogP contribution is -2.20. The third-order valence-electron chi connectivity index (χ3n) is 2.46. The van der Waals surface area contributed by atoms with Gasteiger partial charge < -0.3 is 13.4 Å². The second-order valence-electron chi connectivity index (χ2n) is 3.76. The summed E-state index contributed by atoms with van der Waals surface area (Å²) in [5.74, 6) is 0.600. The van der Waals surface area contributed by atoms with E-state index in [0.29, 0.717) is 27.8 Å². The van der Waals surface area contributed by atoms with Crippen molar-refractivity contribution in [1.82, 2.24) is 23.6 Å². The van der Waals surface area contributed by atoms with Crippen LogP contribution in [0.3, 0.4) is 0 Å². The van der Waals surface area contributed by atoms with Gasteiger partial charge in [0, 0.05) is 0 Å². The van der Waals surface area contributed by atoms with Crippen molar-refractivity contribution < 1.29 is 4.52 Å². The van der Waals surface area contributed by atoms with Crippen LogP contribution < -0.4 is 8.85 Å². The first-order valence-corrected chi connectivity index (χ1v) is 6.96. The highest BCUT2D eigenvalue weighted by atomic mass is 127. The summed E-state index contributed by atoms with van der Waals surface area (Å²) in [6.45, 7) is 0. The molecule has 0 unspecified atom stereocenters. The minimum absolute atomic E-state index is 0.473. The molecule has 100 valence electrons. The number of hydrogen-bond donors (Lipinski definition) is 2. The van der Waals surface area contributed by atoms with E-state index in [0.717, 1.165) is 5.56 Å². The van der Waals surface area contributed by atoms with E-state index in [4.69, 9.17) is 16.7 Å². The fraction of sp³-hybridized carbons (Fsp3) is 0.